The molecule has 22 heavy (non-hydrogen) atoms. The van der Waals surface area contributed by atoms with Gasteiger partial charge in [-0.2, -0.15) is 10.4 Å². The van der Waals surface area contributed by atoms with E-state index in [1.165, 1.54) is 0 Å². The minimum absolute atomic E-state index is 0.0313. The molecule has 0 bridgehead atoms. The SMILES string of the molecule is CC(C)n1cc([C@H]2C(C#N)=C(N)OC3=C2C(=O)CCC3)cn1. The maximum absolute atomic E-state index is 12.4. The van der Waals surface area contributed by atoms with E-state index >= 15 is 0 Å². The number of rotatable bonds is 2. The fourth-order valence-electron chi connectivity index (χ4n) is 2.97. The van der Waals surface area contributed by atoms with Gasteiger partial charge in [0.15, 0.2) is 5.78 Å². The number of nitriles is 1. The topological polar surface area (TPSA) is 93.9 Å². The fraction of sp³-hybridized carbons (Fsp3) is 0.438. The van der Waals surface area contributed by atoms with Crippen LogP contribution in [-0.4, -0.2) is 15.6 Å². The van der Waals surface area contributed by atoms with Gasteiger partial charge in [0.25, 0.3) is 0 Å². The van der Waals surface area contributed by atoms with Crippen molar-refractivity contribution in [2.24, 2.45) is 5.73 Å². The van der Waals surface area contributed by atoms with E-state index in [9.17, 15) is 10.1 Å². The van der Waals surface area contributed by atoms with E-state index in [1.807, 2.05) is 24.7 Å². The summed E-state index contributed by atoms with van der Waals surface area (Å²) >= 11 is 0. The summed E-state index contributed by atoms with van der Waals surface area (Å²) < 4.78 is 7.35. The first kappa shape index (κ1) is 14.4. The van der Waals surface area contributed by atoms with Crippen molar-refractivity contribution in [1.29, 1.82) is 5.26 Å². The lowest BCUT2D eigenvalue weighted by Crippen LogP contribution is -2.27. The lowest BCUT2D eigenvalue weighted by atomic mass is 9.78. The average molecular weight is 298 g/mol. The van der Waals surface area contributed by atoms with Gasteiger partial charge in [0.2, 0.25) is 5.88 Å². The van der Waals surface area contributed by atoms with Gasteiger partial charge in [-0.15, -0.1) is 0 Å². The van der Waals surface area contributed by atoms with Crippen molar-refractivity contribution in [1.82, 2.24) is 9.78 Å². The van der Waals surface area contributed by atoms with Gasteiger partial charge in [-0.3, -0.25) is 9.48 Å². The highest BCUT2D eigenvalue weighted by atomic mass is 16.5. The highest BCUT2D eigenvalue weighted by Gasteiger charge is 2.38. The summed E-state index contributed by atoms with van der Waals surface area (Å²) in [5, 5.41) is 13.8. The predicted molar refractivity (Wildman–Crippen MR) is 79.1 cm³/mol. The second-order valence-electron chi connectivity index (χ2n) is 5.89. The van der Waals surface area contributed by atoms with Crippen molar-refractivity contribution in [3.63, 3.8) is 0 Å². The summed E-state index contributed by atoms with van der Waals surface area (Å²) in [5.74, 6) is 0.270. The number of ether oxygens (including phenoxy) is 1. The number of allylic oxidation sites excluding steroid dienone is 3. The summed E-state index contributed by atoms with van der Waals surface area (Å²) in [6.07, 6.45) is 5.49. The molecule has 0 unspecified atom stereocenters. The van der Waals surface area contributed by atoms with Crippen molar-refractivity contribution in [3.05, 3.63) is 40.7 Å². The molecule has 3 rings (SSSR count). The van der Waals surface area contributed by atoms with Gasteiger partial charge in [0.1, 0.15) is 17.4 Å². The molecule has 1 aliphatic carbocycles. The van der Waals surface area contributed by atoms with Crippen molar-refractivity contribution in [2.45, 2.75) is 45.1 Å². The first-order valence-corrected chi connectivity index (χ1v) is 7.40. The molecular weight excluding hydrogens is 280 g/mol. The van der Waals surface area contributed by atoms with Crippen LogP contribution in [0.5, 0.6) is 0 Å². The Bertz CT molecular complexity index is 734. The van der Waals surface area contributed by atoms with Crippen LogP contribution >= 0.6 is 0 Å². The van der Waals surface area contributed by atoms with Crippen LogP contribution in [0.4, 0.5) is 0 Å². The zero-order valence-corrected chi connectivity index (χ0v) is 12.7. The molecule has 6 heteroatoms. The molecule has 1 aromatic rings. The molecule has 0 spiro atoms. The van der Waals surface area contributed by atoms with E-state index < -0.39 is 5.92 Å². The van der Waals surface area contributed by atoms with Gasteiger partial charge in [-0.1, -0.05) is 0 Å². The number of nitrogens with zero attached hydrogens (tertiary/aromatic N) is 3. The average Bonchev–Trinajstić information content (AvgIpc) is 2.95. The van der Waals surface area contributed by atoms with Gasteiger partial charge in [-0.05, 0) is 20.3 Å². The molecule has 2 N–H and O–H groups in total. The minimum Gasteiger partial charge on any atom is -0.444 e. The second kappa shape index (κ2) is 5.34. The maximum Gasteiger partial charge on any atom is 0.205 e. The van der Waals surface area contributed by atoms with E-state index in [0.29, 0.717) is 24.2 Å². The lowest BCUT2D eigenvalue weighted by molar-refractivity contribution is -0.116. The molecule has 0 fully saturated rings. The Labute approximate surface area is 128 Å². The molecule has 0 aromatic carbocycles. The van der Waals surface area contributed by atoms with E-state index in [4.69, 9.17) is 10.5 Å². The monoisotopic (exact) mass is 298 g/mol. The standard InChI is InChI=1S/C16H18N4O2/c1-9(2)20-8-10(7-19-20)14-11(6-17)16(18)22-13-5-3-4-12(21)15(13)14/h7-9,14H,3-5,18H2,1-2H3/t14-/m0/s1. The maximum atomic E-state index is 12.4. The number of carbonyl (C=O) groups is 1. The van der Waals surface area contributed by atoms with Crippen LogP contribution in [0.25, 0.3) is 0 Å². The van der Waals surface area contributed by atoms with Crippen LogP contribution in [-0.2, 0) is 9.53 Å². The van der Waals surface area contributed by atoms with Gasteiger partial charge < -0.3 is 10.5 Å². The van der Waals surface area contributed by atoms with Crippen LogP contribution in [0.2, 0.25) is 0 Å². The molecule has 2 aliphatic rings. The molecule has 1 aliphatic heterocycles. The zero-order valence-electron chi connectivity index (χ0n) is 12.7. The number of hydrogen-bond acceptors (Lipinski definition) is 5. The third-order valence-corrected chi connectivity index (χ3v) is 4.09. The molecule has 2 heterocycles. The second-order valence-corrected chi connectivity index (χ2v) is 5.89. The Kier molecular flexibility index (Phi) is 3.49. The third kappa shape index (κ3) is 2.19. The smallest absolute Gasteiger partial charge is 0.205 e. The van der Waals surface area contributed by atoms with Gasteiger partial charge >= 0.3 is 0 Å². The highest BCUT2D eigenvalue weighted by molar-refractivity contribution is 5.99. The minimum atomic E-state index is -0.464. The largest absolute Gasteiger partial charge is 0.444 e. The van der Waals surface area contributed by atoms with E-state index in [0.717, 1.165) is 12.0 Å². The molecular formula is C16H18N4O2. The molecule has 114 valence electrons. The summed E-state index contributed by atoms with van der Waals surface area (Å²) in [4.78, 5) is 12.4. The summed E-state index contributed by atoms with van der Waals surface area (Å²) in [5.41, 5.74) is 7.56. The molecule has 0 amide bonds. The van der Waals surface area contributed by atoms with Crippen LogP contribution in [0.3, 0.4) is 0 Å². The summed E-state index contributed by atoms with van der Waals surface area (Å²) in [6, 6.07) is 2.31. The molecule has 0 radical (unpaired) electrons. The molecule has 1 aromatic heterocycles. The molecule has 0 saturated heterocycles. The number of Topliss-reactive ketones (excluding diaryl/α,β-unsaturated/α-hetero) is 1. The quantitative estimate of drug-likeness (QED) is 0.904. The first-order valence-electron chi connectivity index (χ1n) is 7.40. The van der Waals surface area contributed by atoms with Gasteiger partial charge in [-0.25, -0.2) is 0 Å². The number of aromatic nitrogens is 2. The van der Waals surface area contributed by atoms with Crippen LogP contribution < -0.4 is 5.73 Å². The fourth-order valence-corrected chi connectivity index (χ4v) is 2.97. The molecule has 6 nitrogen and oxygen atoms in total. The Morgan fingerprint density at radius 3 is 2.91 bits per heavy atom. The number of hydrogen-bond donors (Lipinski definition) is 1. The highest BCUT2D eigenvalue weighted by Crippen LogP contribution is 2.43. The molecule has 0 saturated carbocycles. The Hall–Kier alpha value is -2.55. The third-order valence-electron chi connectivity index (χ3n) is 4.09. The summed E-state index contributed by atoms with van der Waals surface area (Å²) in [7, 11) is 0. The van der Waals surface area contributed by atoms with Crippen LogP contribution in [0, 0.1) is 11.3 Å². The summed E-state index contributed by atoms with van der Waals surface area (Å²) in [6.45, 7) is 4.04. The van der Waals surface area contributed by atoms with E-state index in [1.54, 1.807) is 6.20 Å². The Morgan fingerprint density at radius 2 is 2.27 bits per heavy atom. The van der Waals surface area contributed by atoms with Crippen molar-refractivity contribution in [2.75, 3.05) is 0 Å². The van der Waals surface area contributed by atoms with Crippen molar-refractivity contribution in [3.8, 4) is 6.07 Å². The van der Waals surface area contributed by atoms with E-state index in [-0.39, 0.29) is 23.3 Å². The normalized spacial score (nSPS) is 21.7. The zero-order chi connectivity index (χ0) is 15.9. The number of carbonyl (C=O) groups excluding carboxylic acids is 1. The van der Waals surface area contributed by atoms with Crippen molar-refractivity contribution >= 4 is 5.78 Å². The Morgan fingerprint density at radius 1 is 1.50 bits per heavy atom. The van der Waals surface area contributed by atoms with E-state index in [2.05, 4.69) is 11.2 Å². The van der Waals surface area contributed by atoms with Crippen molar-refractivity contribution < 1.29 is 9.53 Å². The molecule has 1 atom stereocenters. The van der Waals surface area contributed by atoms with Gasteiger partial charge in [0.05, 0.1) is 12.1 Å². The predicted octanol–water partition coefficient (Wildman–Crippen LogP) is 2.28. The lowest BCUT2D eigenvalue weighted by Gasteiger charge is -2.30. The number of ketones is 1. The number of nitrogens with two attached hydrogens (primary N) is 1. The first-order chi connectivity index (χ1) is 10.5. The van der Waals surface area contributed by atoms with Crippen LogP contribution in [0.15, 0.2) is 35.2 Å². The van der Waals surface area contributed by atoms with Gasteiger partial charge in [0, 0.05) is 36.2 Å². The van der Waals surface area contributed by atoms with Crippen LogP contribution in [0.1, 0.15) is 50.6 Å². The Balaban J connectivity index is 2.13.